The summed E-state index contributed by atoms with van der Waals surface area (Å²) in [6.45, 7) is 18.5. The lowest BCUT2D eigenvalue weighted by atomic mass is 9.58. The van der Waals surface area contributed by atoms with Crippen LogP contribution in [0.2, 0.25) is 39.3 Å². The molecule has 12 heteroatoms. The zero-order chi connectivity index (χ0) is 46.3. The molecular formula is C53H61N3O7Si2. The fraction of sp³-hybridized carbons (Fsp3) is 0.377. The minimum atomic E-state index is -2.59. The highest BCUT2D eigenvalue weighted by atomic mass is 28.4. The third kappa shape index (κ3) is 7.15. The van der Waals surface area contributed by atoms with Crippen LogP contribution in [0.15, 0.2) is 165 Å². The Morgan fingerprint density at radius 1 is 0.708 bits per heavy atom. The van der Waals surface area contributed by atoms with Crippen LogP contribution in [-0.4, -0.2) is 59.3 Å². The van der Waals surface area contributed by atoms with Crippen molar-refractivity contribution in [2.45, 2.75) is 102 Å². The number of hydrogen-bond acceptors (Lipinski definition) is 7. The Kier molecular flexibility index (Phi) is 11.1. The number of benzene rings is 4. The largest absolute Gasteiger partial charge is 0.401 e. The van der Waals surface area contributed by atoms with Crippen LogP contribution >= 0.6 is 0 Å². The second kappa shape index (κ2) is 16.0. The van der Waals surface area contributed by atoms with Gasteiger partial charge in [0.15, 0.2) is 28.1 Å². The van der Waals surface area contributed by atoms with Crippen molar-refractivity contribution in [1.82, 2.24) is 13.9 Å². The first-order valence-corrected chi connectivity index (χ1v) is 29.7. The maximum atomic E-state index is 15.2. The summed E-state index contributed by atoms with van der Waals surface area (Å²) in [4.78, 5) is 44.8. The number of carbonyl (C=O) groups is 1. The predicted molar refractivity (Wildman–Crippen MR) is 259 cm³/mol. The predicted octanol–water partition coefficient (Wildman–Crippen LogP) is 9.10. The first-order valence-electron chi connectivity index (χ1n) is 22.9. The van der Waals surface area contributed by atoms with Crippen LogP contribution in [0.5, 0.6) is 0 Å². The van der Waals surface area contributed by atoms with Gasteiger partial charge in [0.05, 0.1) is 18.8 Å². The van der Waals surface area contributed by atoms with Gasteiger partial charge in [0.25, 0.3) is 0 Å². The Hall–Kier alpha value is -5.22. The van der Waals surface area contributed by atoms with Gasteiger partial charge >= 0.3 is 11.4 Å². The molecule has 1 saturated carbocycles. The number of rotatable bonds is 11. The SMILES string of the molecule is CC1=C2[C@@H]3C=C(COC(c4ccccc4)(c4ccccc4)c4ccccc4)C[C@]4(O[Si](C)(C)C)C(=O)C(C)C=C4[C@@]3(O)[C@H](C)CC2(O[Si](C)(C)C)n2c(=O)n(-c3ccccc3)c(=O)n2C1. The van der Waals surface area contributed by atoms with E-state index in [9.17, 15) is 9.90 Å². The molecule has 0 saturated heterocycles. The van der Waals surface area contributed by atoms with Crippen molar-refractivity contribution >= 4 is 22.4 Å². The quantitative estimate of drug-likeness (QED) is 0.0800. The lowest BCUT2D eigenvalue weighted by molar-refractivity contribution is -0.144. The minimum absolute atomic E-state index is 0.0641. The number of nitrogens with zero attached hydrogens (tertiary/aromatic N) is 3. The highest BCUT2D eigenvalue weighted by molar-refractivity contribution is 6.70. The third-order valence-electron chi connectivity index (χ3n) is 13.7. The zero-order valence-electron chi connectivity index (χ0n) is 39.0. The van der Waals surface area contributed by atoms with Gasteiger partial charge in [-0.3, -0.25) is 4.79 Å². The van der Waals surface area contributed by atoms with E-state index in [0.29, 0.717) is 11.3 Å². The molecule has 65 heavy (non-hydrogen) atoms. The van der Waals surface area contributed by atoms with E-state index in [1.807, 2.05) is 99.6 Å². The van der Waals surface area contributed by atoms with Crippen LogP contribution < -0.4 is 11.4 Å². The summed E-state index contributed by atoms with van der Waals surface area (Å²) in [5, 5.41) is 14.1. The van der Waals surface area contributed by atoms with Gasteiger partial charge in [-0.2, -0.15) is 4.68 Å². The molecule has 1 aliphatic heterocycles. The van der Waals surface area contributed by atoms with Gasteiger partial charge in [-0.05, 0) is 103 Å². The summed E-state index contributed by atoms with van der Waals surface area (Å²) < 4.78 is 26.5. The summed E-state index contributed by atoms with van der Waals surface area (Å²) in [6.07, 6.45) is 4.37. The molecule has 0 amide bonds. The molecule has 5 aromatic rings. The van der Waals surface area contributed by atoms with Crippen LogP contribution in [0, 0.1) is 17.8 Å². The molecule has 3 aliphatic carbocycles. The third-order valence-corrected chi connectivity index (χ3v) is 15.6. The molecule has 0 radical (unpaired) electrons. The van der Waals surface area contributed by atoms with E-state index in [1.165, 1.54) is 9.25 Å². The number of aromatic nitrogens is 3. The molecule has 2 unspecified atom stereocenters. The van der Waals surface area contributed by atoms with E-state index in [0.717, 1.165) is 33.4 Å². The number of allylic oxidation sites excluding steroid dienone is 2. The van der Waals surface area contributed by atoms with Gasteiger partial charge < -0.3 is 18.7 Å². The van der Waals surface area contributed by atoms with Crippen molar-refractivity contribution < 1.29 is 23.5 Å². The minimum Gasteiger partial charge on any atom is -0.401 e. The Balaban J connectivity index is 1.31. The standard InChI is InChI=1S/C53H61N3O7Si2/c1-36-30-45-50(47(36)57,62-64(4,5)6)33-39(35-61-53(40-22-14-10-15-23-40,41-24-16-11-17-25-41)42-26-18-12-19-27-42)31-44-46-37(2)34-54-48(58)55(43-28-20-13-21-29-43)49(59)56(54)51(46,63-65(7,8)9)32-38(3)52(44,45)60/h10-31,36,38,44,60H,32-35H2,1-9H3/t36?,38-,44+,50-,51?,52-/m1/s1. The van der Waals surface area contributed by atoms with E-state index >= 15 is 9.59 Å². The molecule has 4 aromatic carbocycles. The molecule has 1 aromatic heterocycles. The highest BCUT2D eigenvalue weighted by Gasteiger charge is 2.68. The van der Waals surface area contributed by atoms with E-state index in [-0.39, 0.29) is 31.8 Å². The summed E-state index contributed by atoms with van der Waals surface area (Å²) in [6, 6.07) is 39.6. The Morgan fingerprint density at radius 3 is 1.72 bits per heavy atom. The second-order valence-corrected chi connectivity index (χ2v) is 29.4. The van der Waals surface area contributed by atoms with Crippen LogP contribution in [0.1, 0.15) is 50.3 Å². The summed E-state index contributed by atoms with van der Waals surface area (Å²) in [5.74, 6) is -2.03. The number of aliphatic hydroxyl groups is 1. The van der Waals surface area contributed by atoms with Gasteiger partial charge in [0.1, 0.15) is 16.8 Å². The number of ketones is 1. The average Bonchev–Trinajstić information content (AvgIpc) is 3.61. The van der Waals surface area contributed by atoms with Gasteiger partial charge in [-0.15, -0.1) is 0 Å². The van der Waals surface area contributed by atoms with Crippen molar-refractivity contribution in [1.29, 1.82) is 0 Å². The molecule has 338 valence electrons. The number of hydrogen-bond donors (Lipinski definition) is 1. The first kappa shape index (κ1) is 45.0. The van der Waals surface area contributed by atoms with Crippen molar-refractivity contribution in [3.63, 3.8) is 0 Å². The van der Waals surface area contributed by atoms with E-state index in [1.54, 1.807) is 16.8 Å². The monoisotopic (exact) mass is 907 g/mol. The normalized spacial score (nSPS) is 26.7. The molecule has 0 spiro atoms. The zero-order valence-corrected chi connectivity index (χ0v) is 41.0. The van der Waals surface area contributed by atoms with Gasteiger partial charge in [-0.1, -0.05) is 135 Å². The average molecular weight is 908 g/mol. The summed E-state index contributed by atoms with van der Waals surface area (Å²) in [7, 11) is -5.13. The Morgan fingerprint density at radius 2 is 1.22 bits per heavy atom. The van der Waals surface area contributed by atoms with Crippen molar-refractivity contribution in [3.8, 4) is 5.69 Å². The molecule has 1 fully saturated rings. The maximum absolute atomic E-state index is 15.2. The number of ether oxygens (including phenoxy) is 1. The van der Waals surface area contributed by atoms with E-state index in [2.05, 4.69) is 81.8 Å². The molecule has 4 aliphatic rings. The van der Waals surface area contributed by atoms with E-state index in [4.69, 9.17) is 13.6 Å². The Bertz CT molecular complexity index is 2760. The van der Waals surface area contributed by atoms with Gasteiger partial charge in [-0.25, -0.2) is 18.8 Å². The lowest BCUT2D eigenvalue weighted by Crippen LogP contribution is -2.66. The van der Waals surface area contributed by atoms with E-state index < -0.39 is 68.3 Å². The van der Waals surface area contributed by atoms with Crippen molar-refractivity contribution in [2.75, 3.05) is 6.61 Å². The molecule has 9 rings (SSSR count). The number of fused-ring (bicyclic) bond motifs is 7. The van der Waals surface area contributed by atoms with Gasteiger partial charge in [0, 0.05) is 24.7 Å². The molecular weight excluding hydrogens is 847 g/mol. The number of carbonyl (C=O) groups excluding carboxylic acids is 1. The fourth-order valence-electron chi connectivity index (χ4n) is 11.6. The van der Waals surface area contributed by atoms with Crippen LogP contribution in [0.25, 0.3) is 5.69 Å². The second-order valence-electron chi connectivity index (χ2n) is 20.6. The van der Waals surface area contributed by atoms with Crippen molar-refractivity contribution in [3.05, 3.63) is 193 Å². The number of Topliss-reactive ketones (excluding diaryl/α,β-unsaturated/α-hetero) is 1. The molecule has 2 heterocycles. The first-order chi connectivity index (χ1) is 30.8. The molecule has 10 nitrogen and oxygen atoms in total. The van der Waals surface area contributed by atoms with Crippen LogP contribution in [0.3, 0.4) is 0 Å². The topological polar surface area (TPSA) is 114 Å². The lowest BCUT2D eigenvalue weighted by Gasteiger charge is -2.58. The maximum Gasteiger partial charge on any atom is 0.354 e. The Labute approximate surface area is 383 Å². The number of para-hydroxylation sites is 1. The summed E-state index contributed by atoms with van der Waals surface area (Å²) in [5.41, 5.74) is -0.516. The molecule has 1 N–H and O–H groups in total. The van der Waals surface area contributed by atoms with Crippen LogP contribution in [-0.2, 0) is 36.3 Å². The fourth-order valence-corrected chi connectivity index (χ4v) is 14.2. The van der Waals surface area contributed by atoms with Crippen LogP contribution in [0.4, 0.5) is 0 Å². The van der Waals surface area contributed by atoms with Gasteiger partial charge in [0.2, 0.25) is 0 Å². The molecule has 6 atom stereocenters. The smallest absolute Gasteiger partial charge is 0.354 e. The summed E-state index contributed by atoms with van der Waals surface area (Å²) >= 11 is 0. The van der Waals surface area contributed by atoms with Crippen molar-refractivity contribution in [2.24, 2.45) is 17.8 Å². The highest BCUT2D eigenvalue weighted by Crippen LogP contribution is 2.62. The molecule has 0 bridgehead atoms.